The first kappa shape index (κ1) is 16.6. The zero-order valence-corrected chi connectivity index (χ0v) is 12.2. The molecule has 1 rings (SSSR count). The van der Waals surface area contributed by atoms with Crippen molar-refractivity contribution in [3.8, 4) is 5.75 Å². The third-order valence-corrected chi connectivity index (χ3v) is 2.76. The summed E-state index contributed by atoms with van der Waals surface area (Å²) in [4.78, 5) is 11.4. The lowest BCUT2D eigenvalue weighted by atomic mass is 10.1. The summed E-state index contributed by atoms with van der Waals surface area (Å²) in [5.74, 6) is -0.227. The number of rotatable bonds is 9. The van der Waals surface area contributed by atoms with Crippen molar-refractivity contribution in [3.05, 3.63) is 29.1 Å². The Balaban J connectivity index is 2.47. The summed E-state index contributed by atoms with van der Waals surface area (Å²) < 4.78 is 29.2. The Bertz CT molecular complexity index is 446. The van der Waals surface area contributed by atoms with Crippen LogP contribution in [0.15, 0.2) is 12.1 Å². The van der Waals surface area contributed by atoms with Crippen LogP contribution in [0.4, 0.5) is 4.39 Å². The molecular formula is C15H21FO4. The molecule has 0 aromatic heterocycles. The summed E-state index contributed by atoms with van der Waals surface area (Å²) in [5, 5.41) is 0. The summed E-state index contributed by atoms with van der Waals surface area (Å²) in [6.45, 7) is 5.01. The van der Waals surface area contributed by atoms with Gasteiger partial charge in [0.1, 0.15) is 18.2 Å². The second-order valence-electron chi connectivity index (χ2n) is 4.46. The summed E-state index contributed by atoms with van der Waals surface area (Å²) in [6, 6.07) is 2.75. The Labute approximate surface area is 118 Å². The van der Waals surface area contributed by atoms with Crippen molar-refractivity contribution in [1.82, 2.24) is 0 Å². The Hall–Kier alpha value is -1.46. The fourth-order valence-corrected chi connectivity index (χ4v) is 1.67. The number of hydrogen-bond donors (Lipinski definition) is 0. The van der Waals surface area contributed by atoms with Gasteiger partial charge in [-0.15, -0.1) is 0 Å². The topological polar surface area (TPSA) is 44.8 Å². The minimum atomic E-state index is -0.404. The van der Waals surface area contributed by atoms with Crippen LogP contribution in [0.5, 0.6) is 5.75 Å². The smallest absolute Gasteiger partial charge is 0.163 e. The highest BCUT2D eigenvalue weighted by molar-refractivity contribution is 5.96. The fraction of sp³-hybridized carbons (Fsp3) is 0.533. The van der Waals surface area contributed by atoms with Crippen molar-refractivity contribution in [2.75, 3.05) is 33.5 Å². The molecule has 0 amide bonds. The van der Waals surface area contributed by atoms with Crippen LogP contribution in [0.3, 0.4) is 0 Å². The van der Waals surface area contributed by atoms with Gasteiger partial charge in [-0.1, -0.05) is 0 Å². The molecule has 0 fully saturated rings. The molecule has 0 saturated heterocycles. The van der Waals surface area contributed by atoms with E-state index in [-0.39, 0.29) is 11.3 Å². The molecular weight excluding hydrogens is 263 g/mol. The monoisotopic (exact) mass is 284 g/mol. The Kier molecular flexibility index (Phi) is 7.18. The van der Waals surface area contributed by atoms with Gasteiger partial charge in [0.05, 0.1) is 12.2 Å². The van der Waals surface area contributed by atoms with Crippen molar-refractivity contribution in [2.45, 2.75) is 20.3 Å². The Morgan fingerprint density at radius 2 is 1.95 bits per heavy atom. The number of hydrogen-bond acceptors (Lipinski definition) is 4. The van der Waals surface area contributed by atoms with Crippen molar-refractivity contribution in [2.24, 2.45) is 0 Å². The lowest BCUT2D eigenvalue weighted by Crippen LogP contribution is -2.10. The normalized spacial score (nSPS) is 10.6. The van der Waals surface area contributed by atoms with E-state index in [1.807, 2.05) is 0 Å². The summed E-state index contributed by atoms with van der Waals surface area (Å²) in [7, 11) is 1.64. The maximum atomic E-state index is 13.4. The fourth-order valence-electron chi connectivity index (χ4n) is 1.67. The van der Waals surface area contributed by atoms with Gasteiger partial charge >= 0.3 is 0 Å². The van der Waals surface area contributed by atoms with Gasteiger partial charge in [-0.05, 0) is 38.0 Å². The zero-order chi connectivity index (χ0) is 15.0. The molecule has 1 aromatic rings. The van der Waals surface area contributed by atoms with Crippen LogP contribution in [0, 0.1) is 12.7 Å². The maximum absolute atomic E-state index is 13.4. The second kappa shape index (κ2) is 8.66. The molecule has 0 radical (unpaired) electrons. The predicted octanol–water partition coefficient (Wildman–Crippen LogP) is 2.77. The number of ketones is 1. The van der Waals surface area contributed by atoms with E-state index in [2.05, 4.69) is 0 Å². The molecule has 5 heteroatoms. The number of ether oxygens (including phenoxy) is 3. The van der Waals surface area contributed by atoms with E-state index in [1.165, 1.54) is 19.1 Å². The van der Waals surface area contributed by atoms with E-state index in [0.717, 1.165) is 6.42 Å². The van der Waals surface area contributed by atoms with Gasteiger partial charge in [-0.2, -0.15) is 0 Å². The number of carbonyl (C=O) groups excluding carboxylic acids is 1. The molecule has 1 aromatic carbocycles. The standard InChI is InChI=1S/C15H21FO4/c1-11-9-15(13(12(2)17)10-14(11)16)20-8-7-19-6-4-5-18-3/h9-10H,4-8H2,1-3H3. The molecule has 0 aliphatic heterocycles. The van der Waals surface area contributed by atoms with Crippen LogP contribution in [-0.2, 0) is 9.47 Å². The molecule has 0 unspecified atom stereocenters. The van der Waals surface area contributed by atoms with Crippen LogP contribution >= 0.6 is 0 Å². The largest absolute Gasteiger partial charge is 0.490 e. The molecule has 4 nitrogen and oxygen atoms in total. The van der Waals surface area contributed by atoms with Gasteiger partial charge in [0.15, 0.2) is 5.78 Å². The number of carbonyl (C=O) groups is 1. The quantitative estimate of drug-likeness (QED) is 0.516. The molecule has 0 atom stereocenters. The first-order valence-corrected chi connectivity index (χ1v) is 6.56. The highest BCUT2D eigenvalue weighted by Gasteiger charge is 2.12. The maximum Gasteiger partial charge on any atom is 0.163 e. The first-order chi connectivity index (χ1) is 9.56. The number of aryl methyl sites for hydroxylation is 1. The number of Topliss-reactive ketones (excluding diaryl/α,β-unsaturated/α-hetero) is 1. The van der Waals surface area contributed by atoms with Crippen molar-refractivity contribution < 1.29 is 23.4 Å². The minimum absolute atomic E-state index is 0.222. The predicted molar refractivity (Wildman–Crippen MR) is 73.9 cm³/mol. The van der Waals surface area contributed by atoms with Crippen LogP contribution in [0.1, 0.15) is 29.3 Å². The highest BCUT2D eigenvalue weighted by atomic mass is 19.1. The molecule has 0 spiro atoms. The van der Waals surface area contributed by atoms with E-state index < -0.39 is 5.82 Å². The molecule has 20 heavy (non-hydrogen) atoms. The number of halogens is 1. The van der Waals surface area contributed by atoms with Crippen molar-refractivity contribution >= 4 is 5.78 Å². The average Bonchev–Trinajstić information content (AvgIpc) is 2.41. The third-order valence-electron chi connectivity index (χ3n) is 2.76. The Morgan fingerprint density at radius 1 is 1.20 bits per heavy atom. The molecule has 0 aliphatic rings. The summed E-state index contributed by atoms with van der Waals surface area (Å²) >= 11 is 0. The molecule has 0 bridgehead atoms. The van der Waals surface area contributed by atoms with Crippen LogP contribution in [0.2, 0.25) is 0 Å². The number of methoxy groups -OCH3 is 1. The Morgan fingerprint density at radius 3 is 2.60 bits per heavy atom. The van der Waals surface area contributed by atoms with Gasteiger partial charge in [0.25, 0.3) is 0 Å². The average molecular weight is 284 g/mol. The first-order valence-electron chi connectivity index (χ1n) is 6.56. The molecule has 112 valence electrons. The lowest BCUT2D eigenvalue weighted by Gasteiger charge is -2.11. The van der Waals surface area contributed by atoms with Crippen molar-refractivity contribution in [1.29, 1.82) is 0 Å². The van der Waals surface area contributed by atoms with E-state index in [0.29, 0.717) is 37.7 Å². The van der Waals surface area contributed by atoms with Gasteiger partial charge < -0.3 is 14.2 Å². The highest BCUT2D eigenvalue weighted by Crippen LogP contribution is 2.23. The van der Waals surface area contributed by atoms with E-state index in [4.69, 9.17) is 14.2 Å². The van der Waals surface area contributed by atoms with Gasteiger partial charge in [0, 0.05) is 20.3 Å². The van der Waals surface area contributed by atoms with Gasteiger partial charge in [-0.25, -0.2) is 4.39 Å². The van der Waals surface area contributed by atoms with Crippen LogP contribution < -0.4 is 4.74 Å². The van der Waals surface area contributed by atoms with E-state index in [9.17, 15) is 9.18 Å². The van der Waals surface area contributed by atoms with E-state index >= 15 is 0 Å². The third kappa shape index (κ3) is 5.27. The van der Waals surface area contributed by atoms with Crippen molar-refractivity contribution in [3.63, 3.8) is 0 Å². The SMILES string of the molecule is COCCCOCCOc1cc(C)c(F)cc1C(C)=O. The van der Waals surface area contributed by atoms with Crippen LogP contribution in [-0.4, -0.2) is 39.3 Å². The molecule has 0 N–H and O–H groups in total. The summed E-state index contributed by atoms with van der Waals surface area (Å²) in [6.07, 6.45) is 0.824. The van der Waals surface area contributed by atoms with Crippen LogP contribution in [0.25, 0.3) is 0 Å². The molecule has 0 heterocycles. The minimum Gasteiger partial charge on any atom is -0.490 e. The number of benzene rings is 1. The van der Waals surface area contributed by atoms with Gasteiger partial charge in [0.2, 0.25) is 0 Å². The lowest BCUT2D eigenvalue weighted by molar-refractivity contribution is 0.0798. The van der Waals surface area contributed by atoms with E-state index in [1.54, 1.807) is 14.0 Å². The second-order valence-corrected chi connectivity index (χ2v) is 4.46. The molecule has 0 aliphatic carbocycles. The zero-order valence-electron chi connectivity index (χ0n) is 12.2. The molecule has 0 saturated carbocycles. The van der Waals surface area contributed by atoms with Gasteiger partial charge in [-0.3, -0.25) is 4.79 Å². The summed E-state index contributed by atoms with van der Waals surface area (Å²) in [5.41, 5.74) is 0.707.